The highest BCUT2D eigenvalue weighted by atomic mass is 32.1. The molecular formula is C13H11FOS. The van der Waals surface area contributed by atoms with Crippen molar-refractivity contribution in [2.75, 3.05) is 0 Å². The number of carbonyl (C=O) groups is 1. The molecule has 0 saturated carbocycles. The number of aryl methyl sites for hydroxylation is 2. The summed E-state index contributed by atoms with van der Waals surface area (Å²) in [6, 6.07) is 6.67. The van der Waals surface area contributed by atoms with Gasteiger partial charge in [-0.1, -0.05) is 12.1 Å². The lowest BCUT2D eigenvalue weighted by Crippen LogP contribution is -2.04. The molecule has 2 aromatic rings. The van der Waals surface area contributed by atoms with Gasteiger partial charge in [-0.05, 0) is 31.5 Å². The van der Waals surface area contributed by atoms with E-state index in [1.807, 2.05) is 6.92 Å². The Morgan fingerprint density at radius 2 is 2.06 bits per heavy atom. The molecule has 82 valence electrons. The first-order valence-corrected chi connectivity index (χ1v) is 5.82. The van der Waals surface area contributed by atoms with Crippen LogP contribution < -0.4 is 0 Å². The van der Waals surface area contributed by atoms with E-state index in [0.717, 1.165) is 4.88 Å². The number of rotatable bonds is 2. The van der Waals surface area contributed by atoms with Gasteiger partial charge in [-0.3, -0.25) is 4.79 Å². The highest BCUT2D eigenvalue weighted by molar-refractivity contribution is 7.10. The minimum atomic E-state index is -0.420. The van der Waals surface area contributed by atoms with Crippen molar-refractivity contribution < 1.29 is 9.18 Å². The Bertz CT molecular complexity index is 543. The van der Waals surface area contributed by atoms with Crippen LogP contribution >= 0.6 is 11.3 Å². The third kappa shape index (κ3) is 1.91. The topological polar surface area (TPSA) is 17.1 Å². The lowest BCUT2D eigenvalue weighted by molar-refractivity contribution is 0.103. The molecule has 0 aliphatic heterocycles. The van der Waals surface area contributed by atoms with Crippen LogP contribution in [0.25, 0.3) is 0 Å². The SMILES string of the molecule is Cc1cc(C(=O)c2cccc(C)c2F)cs1. The summed E-state index contributed by atoms with van der Waals surface area (Å²) in [6.45, 7) is 3.58. The molecule has 16 heavy (non-hydrogen) atoms. The Balaban J connectivity index is 2.45. The number of ketones is 1. The van der Waals surface area contributed by atoms with Crippen LogP contribution in [-0.4, -0.2) is 5.78 Å². The zero-order chi connectivity index (χ0) is 11.7. The molecule has 0 amide bonds. The van der Waals surface area contributed by atoms with Crippen molar-refractivity contribution >= 4 is 17.1 Å². The van der Waals surface area contributed by atoms with E-state index < -0.39 is 5.82 Å². The van der Waals surface area contributed by atoms with Crippen LogP contribution in [0, 0.1) is 19.7 Å². The zero-order valence-corrected chi connectivity index (χ0v) is 9.90. The van der Waals surface area contributed by atoms with E-state index in [9.17, 15) is 9.18 Å². The molecule has 0 fully saturated rings. The summed E-state index contributed by atoms with van der Waals surface area (Å²) in [7, 11) is 0. The van der Waals surface area contributed by atoms with Crippen LogP contribution in [0.2, 0.25) is 0 Å². The molecule has 0 spiro atoms. The maximum absolute atomic E-state index is 13.7. The van der Waals surface area contributed by atoms with Crippen molar-refractivity contribution in [3.05, 3.63) is 57.0 Å². The molecule has 0 aliphatic carbocycles. The second-order valence-electron chi connectivity index (χ2n) is 3.71. The van der Waals surface area contributed by atoms with Crippen LogP contribution in [0.5, 0.6) is 0 Å². The van der Waals surface area contributed by atoms with E-state index in [-0.39, 0.29) is 11.3 Å². The Labute approximate surface area is 97.6 Å². The van der Waals surface area contributed by atoms with Crippen molar-refractivity contribution in [1.82, 2.24) is 0 Å². The molecular weight excluding hydrogens is 223 g/mol. The first kappa shape index (κ1) is 11.0. The Morgan fingerprint density at radius 3 is 2.69 bits per heavy atom. The molecule has 3 heteroatoms. The molecule has 0 bridgehead atoms. The van der Waals surface area contributed by atoms with Crippen LogP contribution in [0.4, 0.5) is 4.39 Å². The van der Waals surface area contributed by atoms with Gasteiger partial charge in [-0.2, -0.15) is 0 Å². The highest BCUT2D eigenvalue weighted by Gasteiger charge is 2.15. The van der Waals surface area contributed by atoms with Crippen LogP contribution in [0.15, 0.2) is 29.6 Å². The predicted molar refractivity (Wildman–Crippen MR) is 63.6 cm³/mol. The van der Waals surface area contributed by atoms with Crippen molar-refractivity contribution in [1.29, 1.82) is 0 Å². The molecule has 0 radical (unpaired) electrons. The number of hydrogen-bond acceptors (Lipinski definition) is 2. The summed E-state index contributed by atoms with van der Waals surface area (Å²) >= 11 is 1.49. The van der Waals surface area contributed by atoms with Gasteiger partial charge in [-0.25, -0.2) is 4.39 Å². The van der Waals surface area contributed by atoms with Gasteiger partial charge in [0.1, 0.15) is 5.82 Å². The summed E-state index contributed by atoms with van der Waals surface area (Å²) in [5, 5.41) is 1.76. The molecule has 0 atom stereocenters. The monoisotopic (exact) mass is 234 g/mol. The third-order valence-corrected chi connectivity index (χ3v) is 3.29. The maximum atomic E-state index is 13.7. The lowest BCUT2D eigenvalue weighted by atomic mass is 10.0. The number of halogens is 1. The molecule has 1 nitrogen and oxygen atoms in total. The predicted octanol–water partition coefficient (Wildman–Crippen LogP) is 3.74. The van der Waals surface area contributed by atoms with E-state index >= 15 is 0 Å². The lowest BCUT2D eigenvalue weighted by Gasteiger charge is -2.02. The molecule has 0 saturated heterocycles. The fourth-order valence-electron chi connectivity index (χ4n) is 1.54. The van der Waals surface area contributed by atoms with Gasteiger partial charge in [0.05, 0.1) is 5.56 Å². The van der Waals surface area contributed by atoms with E-state index in [1.165, 1.54) is 17.4 Å². The largest absolute Gasteiger partial charge is 0.288 e. The summed E-state index contributed by atoms with van der Waals surface area (Å²) in [4.78, 5) is 13.1. The Morgan fingerprint density at radius 1 is 1.31 bits per heavy atom. The standard InChI is InChI=1S/C13H11FOS/c1-8-4-3-5-11(12(8)14)13(15)10-6-9(2)16-7-10/h3-7H,1-2H3. The van der Waals surface area contributed by atoms with Crippen molar-refractivity contribution in [3.63, 3.8) is 0 Å². The summed E-state index contributed by atoms with van der Waals surface area (Å²) in [5.74, 6) is -0.665. The fourth-order valence-corrected chi connectivity index (χ4v) is 2.22. The van der Waals surface area contributed by atoms with Gasteiger partial charge in [0, 0.05) is 15.8 Å². The van der Waals surface area contributed by atoms with Crippen molar-refractivity contribution in [2.24, 2.45) is 0 Å². The zero-order valence-electron chi connectivity index (χ0n) is 9.08. The summed E-state index contributed by atoms with van der Waals surface area (Å²) in [5.41, 5.74) is 1.21. The molecule has 0 N–H and O–H groups in total. The molecule has 1 heterocycles. The van der Waals surface area contributed by atoms with E-state index in [1.54, 1.807) is 30.5 Å². The second-order valence-corrected chi connectivity index (χ2v) is 4.83. The normalized spacial score (nSPS) is 10.4. The van der Waals surface area contributed by atoms with Gasteiger partial charge in [-0.15, -0.1) is 11.3 Å². The van der Waals surface area contributed by atoms with E-state index in [4.69, 9.17) is 0 Å². The number of hydrogen-bond donors (Lipinski definition) is 0. The smallest absolute Gasteiger partial charge is 0.196 e. The van der Waals surface area contributed by atoms with Gasteiger partial charge in [0.15, 0.2) is 5.78 Å². The quantitative estimate of drug-likeness (QED) is 0.723. The van der Waals surface area contributed by atoms with E-state index in [2.05, 4.69) is 0 Å². The van der Waals surface area contributed by atoms with Gasteiger partial charge < -0.3 is 0 Å². The highest BCUT2D eigenvalue weighted by Crippen LogP contribution is 2.20. The molecule has 1 aromatic carbocycles. The van der Waals surface area contributed by atoms with Gasteiger partial charge in [0.2, 0.25) is 0 Å². The maximum Gasteiger partial charge on any atom is 0.196 e. The third-order valence-electron chi connectivity index (χ3n) is 2.43. The molecule has 2 rings (SSSR count). The van der Waals surface area contributed by atoms with Crippen molar-refractivity contribution in [2.45, 2.75) is 13.8 Å². The van der Waals surface area contributed by atoms with Crippen LogP contribution in [0.1, 0.15) is 26.4 Å². The Hall–Kier alpha value is -1.48. The van der Waals surface area contributed by atoms with Crippen molar-refractivity contribution in [3.8, 4) is 0 Å². The minimum Gasteiger partial charge on any atom is -0.288 e. The average molecular weight is 234 g/mol. The number of thiophene rings is 1. The first-order chi connectivity index (χ1) is 7.59. The summed E-state index contributed by atoms with van der Waals surface area (Å²) < 4.78 is 13.7. The fraction of sp³-hybridized carbons (Fsp3) is 0.154. The van der Waals surface area contributed by atoms with Gasteiger partial charge in [0.25, 0.3) is 0 Å². The average Bonchev–Trinajstić information content (AvgIpc) is 2.68. The Kier molecular flexibility index (Phi) is 2.88. The number of benzene rings is 1. The van der Waals surface area contributed by atoms with Gasteiger partial charge >= 0.3 is 0 Å². The van der Waals surface area contributed by atoms with Crippen LogP contribution in [0.3, 0.4) is 0 Å². The van der Waals surface area contributed by atoms with Crippen LogP contribution in [-0.2, 0) is 0 Å². The minimum absolute atomic E-state index is 0.151. The van der Waals surface area contributed by atoms with E-state index in [0.29, 0.717) is 11.1 Å². The summed E-state index contributed by atoms with van der Waals surface area (Å²) in [6.07, 6.45) is 0. The molecule has 0 aliphatic rings. The second kappa shape index (κ2) is 4.18. The molecule has 0 unspecified atom stereocenters. The molecule has 1 aromatic heterocycles. The number of carbonyl (C=O) groups excluding carboxylic acids is 1. The first-order valence-electron chi connectivity index (χ1n) is 4.94.